The minimum Gasteiger partial charge on any atom is -0.486 e. The predicted octanol–water partition coefficient (Wildman–Crippen LogP) is 4.95. The molecule has 1 saturated heterocycles. The first kappa shape index (κ1) is 19.9. The number of hydrogen-bond donors (Lipinski definition) is 2. The lowest BCUT2D eigenvalue weighted by atomic mass is 9.81. The number of halogens is 1. The smallest absolute Gasteiger partial charge is 0.163 e. The van der Waals surface area contributed by atoms with Gasteiger partial charge in [0.2, 0.25) is 0 Å². The maximum atomic E-state index is 6.15. The molecular weight excluding hydrogens is 422 g/mol. The van der Waals surface area contributed by atoms with E-state index < -0.39 is 0 Å². The summed E-state index contributed by atoms with van der Waals surface area (Å²) in [7, 11) is 0. The van der Waals surface area contributed by atoms with Crippen molar-refractivity contribution in [1.29, 1.82) is 0 Å². The number of aryl methyl sites for hydroxylation is 1. The summed E-state index contributed by atoms with van der Waals surface area (Å²) in [6.07, 6.45) is 0. The van der Waals surface area contributed by atoms with Gasteiger partial charge in [0.25, 0.3) is 0 Å². The van der Waals surface area contributed by atoms with Crippen LogP contribution in [0.2, 0.25) is 5.02 Å². The fourth-order valence-electron chi connectivity index (χ4n) is 5.26. The molecule has 3 aromatic carbocycles. The quantitative estimate of drug-likeness (QED) is 0.595. The van der Waals surface area contributed by atoms with Crippen LogP contribution in [0.5, 0.6) is 11.5 Å². The number of ether oxygens (including phenoxy) is 2. The minimum absolute atomic E-state index is 0.190. The fraction of sp³-hybridized carbons (Fsp3) is 0.308. The van der Waals surface area contributed by atoms with E-state index in [-0.39, 0.29) is 12.1 Å². The van der Waals surface area contributed by atoms with Gasteiger partial charge in [-0.15, -0.1) is 0 Å². The summed E-state index contributed by atoms with van der Waals surface area (Å²) < 4.78 is 11.8. The van der Waals surface area contributed by atoms with Crippen molar-refractivity contribution in [3.63, 3.8) is 0 Å². The summed E-state index contributed by atoms with van der Waals surface area (Å²) in [4.78, 5) is 2.49. The second kappa shape index (κ2) is 8.00. The Morgan fingerprint density at radius 3 is 2.47 bits per heavy atom. The Morgan fingerprint density at radius 1 is 0.938 bits per heavy atom. The monoisotopic (exact) mass is 447 g/mol. The van der Waals surface area contributed by atoms with E-state index in [1.165, 1.54) is 27.9 Å². The van der Waals surface area contributed by atoms with E-state index >= 15 is 0 Å². The predicted molar refractivity (Wildman–Crippen MR) is 126 cm³/mol. The Morgan fingerprint density at radius 2 is 1.69 bits per heavy atom. The first-order valence-electron chi connectivity index (χ1n) is 11.2. The van der Waals surface area contributed by atoms with E-state index in [2.05, 4.69) is 71.2 Å². The highest BCUT2D eigenvalue weighted by Crippen LogP contribution is 2.49. The van der Waals surface area contributed by atoms with Crippen molar-refractivity contribution in [1.82, 2.24) is 10.9 Å². The number of nitrogens with zero attached hydrogens (tertiary/aromatic N) is 1. The third kappa shape index (κ3) is 3.51. The van der Waals surface area contributed by atoms with E-state index in [1.54, 1.807) is 0 Å². The van der Waals surface area contributed by atoms with Crippen LogP contribution in [0.3, 0.4) is 0 Å². The van der Waals surface area contributed by atoms with Crippen molar-refractivity contribution in [2.24, 2.45) is 5.92 Å². The molecule has 3 aliphatic heterocycles. The van der Waals surface area contributed by atoms with Crippen LogP contribution in [0.25, 0.3) is 0 Å². The van der Waals surface area contributed by atoms with Crippen molar-refractivity contribution in [3.05, 3.63) is 87.9 Å². The molecule has 3 unspecified atom stereocenters. The molecule has 0 bridgehead atoms. The summed E-state index contributed by atoms with van der Waals surface area (Å²) in [6.45, 7) is 5.11. The summed E-state index contributed by atoms with van der Waals surface area (Å²) in [5.74, 6) is 2.03. The zero-order chi connectivity index (χ0) is 21.7. The average molecular weight is 448 g/mol. The van der Waals surface area contributed by atoms with Crippen LogP contribution in [0, 0.1) is 12.8 Å². The van der Waals surface area contributed by atoms with Gasteiger partial charge in [-0.2, -0.15) is 0 Å². The van der Waals surface area contributed by atoms with Crippen molar-refractivity contribution >= 4 is 17.3 Å². The summed E-state index contributed by atoms with van der Waals surface area (Å²) in [6, 6.07) is 21.6. The normalized spacial score (nSPS) is 23.6. The largest absolute Gasteiger partial charge is 0.486 e. The third-order valence-electron chi connectivity index (χ3n) is 6.73. The fourth-order valence-corrected chi connectivity index (χ4v) is 5.38. The molecule has 3 aliphatic rings. The van der Waals surface area contributed by atoms with Gasteiger partial charge in [-0.3, -0.25) is 0 Å². The van der Waals surface area contributed by atoms with E-state index in [4.69, 9.17) is 21.1 Å². The lowest BCUT2D eigenvalue weighted by Crippen LogP contribution is -2.39. The lowest BCUT2D eigenvalue weighted by Gasteiger charge is -2.40. The van der Waals surface area contributed by atoms with Gasteiger partial charge in [0.05, 0.1) is 12.1 Å². The molecule has 32 heavy (non-hydrogen) atoms. The Balaban J connectivity index is 1.41. The number of hydrazine groups is 1. The van der Waals surface area contributed by atoms with Crippen molar-refractivity contribution in [2.45, 2.75) is 25.6 Å². The molecule has 0 aliphatic carbocycles. The molecule has 0 radical (unpaired) electrons. The van der Waals surface area contributed by atoms with E-state index in [0.717, 1.165) is 29.6 Å². The van der Waals surface area contributed by atoms with Gasteiger partial charge in [-0.05, 0) is 41.8 Å². The summed E-state index contributed by atoms with van der Waals surface area (Å²) >= 11 is 6.15. The highest BCUT2D eigenvalue weighted by atomic mass is 35.5. The molecule has 0 aromatic heterocycles. The molecule has 3 aromatic rings. The van der Waals surface area contributed by atoms with Crippen LogP contribution >= 0.6 is 11.6 Å². The second-order valence-corrected chi connectivity index (χ2v) is 9.32. The standard InChI is InChI=1S/C26H26ClN3O2/c1-16-3-2-4-17(11-16)14-30-15-21-25(18-5-7-19(27)8-6-18)28-29-26(21)20-12-23-24(13-22(20)30)32-10-9-31-23/h2-8,11-13,21,25-26,28-29H,9-10,14-15H2,1H3. The maximum absolute atomic E-state index is 6.15. The van der Waals surface area contributed by atoms with Crippen LogP contribution in [-0.4, -0.2) is 19.8 Å². The summed E-state index contributed by atoms with van der Waals surface area (Å²) in [5.41, 5.74) is 13.4. The van der Waals surface area contributed by atoms with Gasteiger partial charge >= 0.3 is 0 Å². The molecule has 0 saturated carbocycles. The minimum atomic E-state index is 0.190. The molecule has 6 heteroatoms. The first-order valence-corrected chi connectivity index (χ1v) is 11.5. The van der Waals surface area contributed by atoms with Crippen molar-refractivity contribution in [3.8, 4) is 11.5 Å². The number of fused-ring (bicyclic) bond motifs is 4. The highest BCUT2D eigenvalue weighted by Gasteiger charge is 2.44. The first-order chi connectivity index (χ1) is 15.7. The van der Waals surface area contributed by atoms with Gasteiger partial charge in [0.1, 0.15) is 13.2 Å². The molecule has 3 atom stereocenters. The molecule has 164 valence electrons. The van der Waals surface area contributed by atoms with Gasteiger partial charge in [-0.1, -0.05) is 53.6 Å². The Labute approximate surface area is 193 Å². The molecule has 0 amide bonds. The molecule has 2 N–H and O–H groups in total. The van der Waals surface area contributed by atoms with Crippen LogP contribution in [0.4, 0.5) is 5.69 Å². The molecule has 1 fully saturated rings. The number of hydrogen-bond acceptors (Lipinski definition) is 5. The SMILES string of the molecule is Cc1cccc(CN2CC3C(c4ccc(Cl)cc4)NNC3c3cc4c(cc32)OCCO4)c1. The maximum Gasteiger partial charge on any atom is 0.163 e. The van der Waals surface area contributed by atoms with Crippen LogP contribution in [0.1, 0.15) is 34.3 Å². The average Bonchev–Trinajstić information content (AvgIpc) is 3.23. The number of anilines is 1. The van der Waals surface area contributed by atoms with Crippen LogP contribution < -0.4 is 25.2 Å². The van der Waals surface area contributed by atoms with Crippen molar-refractivity contribution < 1.29 is 9.47 Å². The highest BCUT2D eigenvalue weighted by molar-refractivity contribution is 6.30. The zero-order valence-corrected chi connectivity index (χ0v) is 18.7. The molecule has 6 rings (SSSR count). The molecule has 0 spiro atoms. The van der Waals surface area contributed by atoms with E-state index in [9.17, 15) is 0 Å². The Hall–Kier alpha value is -2.73. The van der Waals surface area contributed by atoms with Crippen molar-refractivity contribution in [2.75, 3.05) is 24.7 Å². The number of nitrogens with one attached hydrogen (secondary N) is 2. The van der Waals surface area contributed by atoms with E-state index in [0.29, 0.717) is 19.1 Å². The topological polar surface area (TPSA) is 45.8 Å². The third-order valence-corrected chi connectivity index (χ3v) is 6.99. The zero-order valence-electron chi connectivity index (χ0n) is 18.0. The Bertz CT molecular complexity index is 1150. The number of benzene rings is 3. The van der Waals surface area contributed by atoms with Gasteiger partial charge < -0.3 is 14.4 Å². The molecule has 5 nitrogen and oxygen atoms in total. The van der Waals surface area contributed by atoms with E-state index in [1.807, 2.05) is 12.1 Å². The lowest BCUT2D eigenvalue weighted by molar-refractivity contribution is 0.171. The molecular formula is C26H26ClN3O2. The van der Waals surface area contributed by atoms with Gasteiger partial charge in [0, 0.05) is 35.8 Å². The van der Waals surface area contributed by atoms with Gasteiger partial charge in [0.15, 0.2) is 11.5 Å². The Kier molecular flexibility index (Phi) is 4.98. The number of rotatable bonds is 3. The second-order valence-electron chi connectivity index (χ2n) is 8.88. The van der Waals surface area contributed by atoms with Gasteiger partial charge in [-0.25, -0.2) is 10.9 Å². The molecule has 3 heterocycles. The van der Waals surface area contributed by atoms with Crippen LogP contribution in [-0.2, 0) is 6.54 Å². The summed E-state index contributed by atoms with van der Waals surface area (Å²) in [5, 5.41) is 0.759. The van der Waals surface area contributed by atoms with Crippen LogP contribution in [0.15, 0.2) is 60.7 Å².